The number of sulfone groups is 2. The highest BCUT2D eigenvalue weighted by atomic mass is 35.5. The van der Waals surface area contributed by atoms with E-state index in [1.54, 1.807) is 20.8 Å². The van der Waals surface area contributed by atoms with E-state index >= 15 is 0 Å². The Balaban J connectivity index is 2.62. The van der Waals surface area contributed by atoms with Crippen LogP contribution in [-0.4, -0.2) is 39.6 Å². The summed E-state index contributed by atoms with van der Waals surface area (Å²) in [5.74, 6) is -1.47. The van der Waals surface area contributed by atoms with E-state index in [0.29, 0.717) is 12.1 Å². The van der Waals surface area contributed by atoms with Crippen LogP contribution < -0.4 is 5.32 Å². The largest absolute Gasteiger partial charge is 0.507 e. The average Bonchev–Trinajstić information content (AvgIpc) is 2.60. The van der Waals surface area contributed by atoms with Gasteiger partial charge in [-0.2, -0.15) is 13.2 Å². The molecule has 0 spiro atoms. The van der Waals surface area contributed by atoms with Crippen molar-refractivity contribution < 1.29 is 39.9 Å². The number of amides is 1. The molecule has 0 radical (unpaired) electrons. The molecule has 2 aromatic rings. The van der Waals surface area contributed by atoms with E-state index in [2.05, 4.69) is 5.32 Å². The van der Waals surface area contributed by atoms with E-state index in [0.717, 1.165) is 12.3 Å². The summed E-state index contributed by atoms with van der Waals surface area (Å²) in [7, 11) is -9.45. The normalized spacial score (nSPS) is 13.1. The lowest BCUT2D eigenvalue weighted by Gasteiger charge is -2.24. The van der Waals surface area contributed by atoms with Crippen LogP contribution in [-0.2, 0) is 25.1 Å². The topological polar surface area (TPSA) is 118 Å². The highest BCUT2D eigenvalue weighted by Crippen LogP contribution is 2.39. The predicted molar refractivity (Wildman–Crippen MR) is 117 cm³/mol. The first-order valence-corrected chi connectivity index (χ1v) is 12.9. The molecule has 0 aliphatic rings. The van der Waals surface area contributed by atoms with Crippen LogP contribution in [0.5, 0.6) is 5.75 Å². The second-order valence-electron chi connectivity index (χ2n) is 8.34. The molecule has 0 saturated heterocycles. The van der Waals surface area contributed by atoms with Gasteiger partial charge in [-0.25, -0.2) is 16.8 Å². The zero-order valence-electron chi connectivity index (χ0n) is 18.1. The number of phenolic OH excluding ortho intramolecular Hbond substituents is 1. The third-order valence-corrected chi connectivity index (χ3v) is 7.77. The number of benzene rings is 2. The fraction of sp³-hybridized carbons (Fsp3) is 0.350. The third kappa shape index (κ3) is 5.28. The van der Waals surface area contributed by atoms with Gasteiger partial charge in [0.25, 0.3) is 15.7 Å². The van der Waals surface area contributed by atoms with Crippen molar-refractivity contribution >= 4 is 42.9 Å². The molecule has 2 N–H and O–H groups in total. The first kappa shape index (κ1) is 26.9. The van der Waals surface area contributed by atoms with E-state index in [9.17, 15) is 39.9 Å². The van der Waals surface area contributed by atoms with Crippen LogP contribution in [0.3, 0.4) is 0 Å². The number of rotatable bonds is 4. The van der Waals surface area contributed by atoms with Crippen molar-refractivity contribution in [2.45, 2.75) is 48.4 Å². The molecule has 0 bridgehead atoms. The van der Waals surface area contributed by atoms with Gasteiger partial charge in [-0.15, -0.1) is 0 Å². The summed E-state index contributed by atoms with van der Waals surface area (Å²) in [5.41, 5.74) is -6.78. The quantitative estimate of drug-likeness (QED) is 0.600. The molecular weight excluding hydrogens is 507 g/mol. The number of alkyl halides is 3. The van der Waals surface area contributed by atoms with Crippen molar-refractivity contribution in [3.63, 3.8) is 0 Å². The fourth-order valence-corrected chi connectivity index (χ4v) is 5.13. The maximum atomic E-state index is 13.0. The Hall–Kier alpha value is -2.31. The lowest BCUT2D eigenvalue weighted by atomic mass is 9.84. The van der Waals surface area contributed by atoms with E-state index in [1.807, 2.05) is 0 Å². The average molecular weight is 528 g/mol. The highest BCUT2D eigenvalue weighted by molar-refractivity contribution is 7.92. The van der Waals surface area contributed by atoms with E-state index in [1.165, 1.54) is 13.0 Å². The maximum Gasteiger partial charge on any atom is 0.501 e. The summed E-state index contributed by atoms with van der Waals surface area (Å²) in [6.45, 7) is 6.41. The number of anilines is 1. The number of hydrogen-bond acceptors (Lipinski definition) is 6. The first-order chi connectivity index (χ1) is 14.7. The maximum absolute atomic E-state index is 13.0. The Labute approximate surface area is 194 Å². The minimum absolute atomic E-state index is 0.0482. The molecule has 0 saturated carbocycles. The summed E-state index contributed by atoms with van der Waals surface area (Å²) in [6, 6.07) is 3.28. The molecule has 7 nitrogen and oxygen atoms in total. The van der Waals surface area contributed by atoms with E-state index in [4.69, 9.17) is 11.6 Å². The summed E-state index contributed by atoms with van der Waals surface area (Å²) in [6.07, 6.45) is 0.942. The SMILES string of the molecule is Cc1c(S(C)(=O)=O)cc(C(C)(C)C)c(O)c1C(=O)Nc1ccc(S(=O)(=O)C(F)(F)F)cc1Cl. The van der Waals surface area contributed by atoms with E-state index in [-0.39, 0.29) is 27.3 Å². The van der Waals surface area contributed by atoms with Gasteiger partial charge in [0, 0.05) is 11.8 Å². The Morgan fingerprint density at radius 3 is 2.03 bits per heavy atom. The minimum Gasteiger partial charge on any atom is -0.507 e. The first-order valence-electron chi connectivity index (χ1n) is 9.19. The molecule has 0 aliphatic heterocycles. The standard InChI is InChI=1S/C20H21ClF3NO6S2/c1-10-15(32(5,28)29)9-12(19(2,3)4)17(26)16(10)18(27)25-14-7-6-11(8-13(14)21)33(30,31)20(22,23)24/h6-9,26H,1-5H3,(H,25,27). The molecule has 0 aromatic heterocycles. The van der Waals surface area contributed by atoms with Crippen molar-refractivity contribution in [1.82, 2.24) is 0 Å². The van der Waals surface area contributed by atoms with Gasteiger partial charge in [0.2, 0.25) is 0 Å². The van der Waals surface area contributed by atoms with Crippen LogP contribution in [0.2, 0.25) is 5.02 Å². The van der Waals surface area contributed by atoms with Crippen LogP contribution in [0.4, 0.5) is 18.9 Å². The molecule has 2 aromatic carbocycles. The van der Waals surface area contributed by atoms with Crippen molar-refractivity contribution in [2.24, 2.45) is 0 Å². The molecule has 13 heteroatoms. The van der Waals surface area contributed by atoms with Crippen LogP contribution in [0.15, 0.2) is 34.1 Å². The van der Waals surface area contributed by atoms with Gasteiger partial charge < -0.3 is 10.4 Å². The van der Waals surface area contributed by atoms with Gasteiger partial charge in [-0.3, -0.25) is 4.79 Å². The second-order valence-corrected chi connectivity index (χ2v) is 12.7. The summed E-state index contributed by atoms with van der Waals surface area (Å²) >= 11 is 5.90. The molecule has 0 heterocycles. The van der Waals surface area contributed by atoms with Crippen LogP contribution in [0, 0.1) is 6.92 Å². The Kier molecular flexibility index (Phi) is 6.92. The highest BCUT2D eigenvalue weighted by Gasteiger charge is 2.47. The van der Waals surface area contributed by atoms with Crippen LogP contribution >= 0.6 is 11.6 Å². The van der Waals surface area contributed by atoms with Crippen molar-refractivity contribution in [3.8, 4) is 5.75 Å². The van der Waals surface area contributed by atoms with Gasteiger partial charge in [0.15, 0.2) is 9.84 Å². The molecule has 0 fully saturated rings. The molecule has 2 rings (SSSR count). The van der Waals surface area contributed by atoms with Crippen molar-refractivity contribution in [3.05, 3.63) is 46.0 Å². The Morgan fingerprint density at radius 2 is 1.61 bits per heavy atom. The summed E-state index contributed by atoms with van der Waals surface area (Å²) in [5, 5.41) is 12.5. The summed E-state index contributed by atoms with van der Waals surface area (Å²) in [4.78, 5) is 11.7. The van der Waals surface area contributed by atoms with Crippen LogP contribution in [0.25, 0.3) is 0 Å². The lowest BCUT2D eigenvalue weighted by Crippen LogP contribution is -2.23. The zero-order chi connectivity index (χ0) is 25.7. The van der Waals surface area contributed by atoms with Crippen LogP contribution in [0.1, 0.15) is 42.3 Å². The van der Waals surface area contributed by atoms with E-state index < -0.39 is 52.2 Å². The number of hydrogen-bond donors (Lipinski definition) is 2. The van der Waals surface area contributed by atoms with Gasteiger partial charge in [0.05, 0.1) is 26.1 Å². The molecule has 0 aliphatic carbocycles. The molecule has 33 heavy (non-hydrogen) atoms. The van der Waals surface area contributed by atoms with Gasteiger partial charge in [-0.05, 0) is 42.2 Å². The molecular formula is C20H21ClF3NO6S2. The molecule has 0 atom stereocenters. The molecule has 182 valence electrons. The Bertz CT molecular complexity index is 1350. The fourth-order valence-electron chi connectivity index (χ4n) is 3.06. The Morgan fingerprint density at radius 1 is 1.06 bits per heavy atom. The number of aromatic hydroxyl groups is 1. The number of carbonyl (C=O) groups is 1. The number of halogens is 4. The molecule has 1 amide bonds. The van der Waals surface area contributed by atoms with Gasteiger partial charge in [-0.1, -0.05) is 32.4 Å². The van der Waals surface area contributed by atoms with Gasteiger partial charge >= 0.3 is 5.51 Å². The van der Waals surface area contributed by atoms with Gasteiger partial charge in [0.1, 0.15) is 5.75 Å². The second kappa shape index (κ2) is 8.48. The van der Waals surface area contributed by atoms with Crippen molar-refractivity contribution in [1.29, 1.82) is 0 Å². The summed E-state index contributed by atoms with van der Waals surface area (Å²) < 4.78 is 85.9. The smallest absolute Gasteiger partial charge is 0.501 e. The number of phenols is 1. The monoisotopic (exact) mass is 527 g/mol. The third-order valence-electron chi connectivity index (χ3n) is 4.75. The minimum atomic E-state index is -5.66. The number of nitrogens with one attached hydrogen (secondary N) is 1. The molecule has 0 unspecified atom stereocenters. The zero-order valence-corrected chi connectivity index (χ0v) is 20.5. The van der Waals surface area contributed by atoms with Crippen molar-refractivity contribution in [2.75, 3.05) is 11.6 Å². The lowest BCUT2D eigenvalue weighted by molar-refractivity contribution is -0.0436. The predicted octanol–water partition coefficient (Wildman–Crippen LogP) is 4.60. The number of carbonyl (C=O) groups excluding carboxylic acids is 1.